The van der Waals surface area contributed by atoms with Crippen LogP contribution >= 0.6 is 0 Å². The van der Waals surface area contributed by atoms with Crippen LogP contribution in [0.5, 0.6) is 0 Å². The summed E-state index contributed by atoms with van der Waals surface area (Å²) >= 11 is 0. The zero-order valence-electron chi connectivity index (χ0n) is 17.9. The van der Waals surface area contributed by atoms with Crippen LogP contribution in [0, 0.1) is 0 Å². The third-order valence-electron chi connectivity index (χ3n) is 5.82. The van der Waals surface area contributed by atoms with E-state index >= 15 is 0 Å². The van der Waals surface area contributed by atoms with E-state index in [9.17, 15) is 18.0 Å². The fourth-order valence-corrected chi connectivity index (χ4v) is 4.16. The highest BCUT2D eigenvalue weighted by Crippen LogP contribution is 2.33. The first-order chi connectivity index (χ1) is 16.4. The number of H-pyrrole nitrogens is 1. The summed E-state index contributed by atoms with van der Waals surface area (Å²) in [7, 11) is 0. The van der Waals surface area contributed by atoms with Crippen LogP contribution in [0.4, 0.5) is 24.5 Å². The topological polar surface area (TPSA) is 73.9 Å². The van der Waals surface area contributed by atoms with E-state index in [2.05, 4.69) is 25.4 Å². The first-order valence-electron chi connectivity index (χ1n) is 10.7. The molecule has 2 heterocycles. The van der Waals surface area contributed by atoms with Crippen molar-refractivity contribution in [2.24, 2.45) is 0 Å². The van der Waals surface area contributed by atoms with Crippen LogP contribution in [0.2, 0.25) is 0 Å². The molecule has 0 unspecified atom stereocenters. The number of anilines is 2. The summed E-state index contributed by atoms with van der Waals surface area (Å²) in [6.45, 7) is 1.43. The minimum absolute atomic E-state index is 0.328. The van der Waals surface area contributed by atoms with Crippen LogP contribution < -0.4 is 10.2 Å². The van der Waals surface area contributed by atoms with Crippen molar-refractivity contribution >= 4 is 17.3 Å². The predicted octanol–water partition coefficient (Wildman–Crippen LogP) is 5.31. The van der Waals surface area contributed by atoms with Crippen molar-refractivity contribution in [3.8, 4) is 11.1 Å². The minimum atomic E-state index is -4.41. The second-order valence-electron chi connectivity index (χ2n) is 8.01. The summed E-state index contributed by atoms with van der Waals surface area (Å²) in [6, 6.07) is 17.4. The van der Waals surface area contributed by atoms with Crippen molar-refractivity contribution in [1.29, 1.82) is 0 Å². The molecule has 0 spiro atoms. The molecule has 9 heteroatoms. The second-order valence-corrected chi connectivity index (χ2v) is 8.01. The third-order valence-corrected chi connectivity index (χ3v) is 5.82. The van der Waals surface area contributed by atoms with Crippen LogP contribution in [0.15, 0.2) is 73.1 Å². The van der Waals surface area contributed by atoms with Crippen molar-refractivity contribution in [3.63, 3.8) is 0 Å². The van der Waals surface area contributed by atoms with Crippen molar-refractivity contribution in [2.45, 2.75) is 19.1 Å². The maximum atomic E-state index is 13.1. The standard InChI is InChI=1S/C25H20F3N5O/c26-25(27,28)18-7-5-16(6-8-18)20-3-1-2-4-21(20)24(34)31-19-9-10-22-17(13-19)11-12-33(22)14-23-29-15-30-32-23/h1-10,13,15H,11-12,14H2,(H,31,34)(H,29,30,32). The number of aromatic amines is 1. The molecule has 0 bridgehead atoms. The molecular weight excluding hydrogens is 443 g/mol. The van der Waals surface area contributed by atoms with Gasteiger partial charge >= 0.3 is 6.18 Å². The molecule has 172 valence electrons. The minimum Gasteiger partial charge on any atom is -0.363 e. The van der Waals surface area contributed by atoms with Gasteiger partial charge in [-0.1, -0.05) is 30.3 Å². The smallest absolute Gasteiger partial charge is 0.363 e. The van der Waals surface area contributed by atoms with E-state index in [-0.39, 0.29) is 5.91 Å². The van der Waals surface area contributed by atoms with E-state index in [1.165, 1.54) is 12.1 Å². The third kappa shape index (κ3) is 4.36. The maximum Gasteiger partial charge on any atom is 0.416 e. The highest BCUT2D eigenvalue weighted by Gasteiger charge is 2.30. The Morgan fingerprint density at radius 3 is 2.59 bits per heavy atom. The number of rotatable bonds is 5. The molecule has 0 radical (unpaired) electrons. The van der Waals surface area contributed by atoms with Crippen LogP contribution in [0.3, 0.4) is 0 Å². The monoisotopic (exact) mass is 463 g/mol. The van der Waals surface area contributed by atoms with E-state index < -0.39 is 11.7 Å². The lowest BCUT2D eigenvalue weighted by atomic mass is 9.98. The van der Waals surface area contributed by atoms with Gasteiger partial charge in [-0.25, -0.2) is 4.98 Å². The Hall–Kier alpha value is -4.14. The Morgan fingerprint density at radius 2 is 1.85 bits per heavy atom. The van der Waals surface area contributed by atoms with Crippen molar-refractivity contribution in [1.82, 2.24) is 15.2 Å². The molecule has 3 aromatic carbocycles. The number of carbonyl (C=O) groups excluding carboxylic acids is 1. The number of hydrogen-bond acceptors (Lipinski definition) is 4. The van der Waals surface area contributed by atoms with Gasteiger partial charge in [-0.05, 0) is 59.5 Å². The molecule has 1 aliphatic rings. The number of fused-ring (bicyclic) bond motifs is 1. The highest BCUT2D eigenvalue weighted by molar-refractivity contribution is 6.08. The first kappa shape index (κ1) is 21.7. The Labute approximate surface area is 193 Å². The predicted molar refractivity (Wildman–Crippen MR) is 122 cm³/mol. The maximum absolute atomic E-state index is 13.1. The van der Waals surface area contributed by atoms with Gasteiger partial charge in [0.2, 0.25) is 0 Å². The van der Waals surface area contributed by atoms with Crippen LogP contribution in [-0.2, 0) is 19.1 Å². The van der Waals surface area contributed by atoms with Crippen molar-refractivity contribution in [3.05, 3.63) is 95.6 Å². The molecule has 4 aromatic rings. The summed E-state index contributed by atoms with van der Waals surface area (Å²) in [5.74, 6) is 0.385. The van der Waals surface area contributed by atoms with Gasteiger partial charge in [0.15, 0.2) is 5.82 Å². The molecule has 0 saturated carbocycles. The van der Waals surface area contributed by atoms with Gasteiger partial charge in [0.05, 0.1) is 12.1 Å². The van der Waals surface area contributed by atoms with E-state index in [1.807, 2.05) is 18.2 Å². The zero-order chi connectivity index (χ0) is 23.7. The van der Waals surface area contributed by atoms with Gasteiger partial charge in [-0.15, -0.1) is 0 Å². The Balaban J connectivity index is 1.35. The summed E-state index contributed by atoms with van der Waals surface area (Å²) < 4.78 is 38.7. The zero-order valence-corrected chi connectivity index (χ0v) is 17.9. The lowest BCUT2D eigenvalue weighted by molar-refractivity contribution is -0.137. The Bertz CT molecular complexity index is 1320. The summed E-state index contributed by atoms with van der Waals surface area (Å²) in [6.07, 6.45) is -2.02. The summed E-state index contributed by atoms with van der Waals surface area (Å²) in [4.78, 5) is 19.4. The number of nitrogens with zero attached hydrogens (tertiary/aromatic N) is 3. The van der Waals surface area contributed by atoms with E-state index in [1.54, 1.807) is 30.6 Å². The van der Waals surface area contributed by atoms with Crippen molar-refractivity contribution in [2.75, 3.05) is 16.8 Å². The Morgan fingerprint density at radius 1 is 1.06 bits per heavy atom. The number of aromatic nitrogens is 3. The van der Waals surface area contributed by atoms with Gasteiger partial charge < -0.3 is 10.2 Å². The molecule has 0 aliphatic carbocycles. The van der Waals surface area contributed by atoms with Gasteiger partial charge in [0, 0.05) is 23.5 Å². The number of hydrogen-bond donors (Lipinski definition) is 2. The van der Waals surface area contributed by atoms with E-state index in [0.717, 1.165) is 36.3 Å². The first-order valence-corrected chi connectivity index (χ1v) is 10.7. The second kappa shape index (κ2) is 8.66. The van der Waals surface area contributed by atoms with Crippen LogP contribution in [0.1, 0.15) is 27.3 Å². The van der Waals surface area contributed by atoms with Gasteiger partial charge in [0.1, 0.15) is 6.33 Å². The summed E-state index contributed by atoms with van der Waals surface area (Å²) in [5, 5.41) is 9.74. The normalized spacial score (nSPS) is 13.1. The average Bonchev–Trinajstić information content (AvgIpc) is 3.49. The molecule has 6 nitrogen and oxygen atoms in total. The lowest BCUT2D eigenvalue weighted by Crippen LogP contribution is -2.20. The van der Waals surface area contributed by atoms with Gasteiger partial charge in [0.25, 0.3) is 5.91 Å². The molecule has 0 atom stereocenters. The fraction of sp³-hybridized carbons (Fsp3) is 0.160. The SMILES string of the molecule is O=C(Nc1ccc2c(c1)CCN2Cc1nc[nH]n1)c1ccccc1-c1ccc(C(F)(F)F)cc1. The molecule has 34 heavy (non-hydrogen) atoms. The number of alkyl halides is 3. The van der Waals surface area contributed by atoms with Gasteiger partial charge in [-0.3, -0.25) is 9.89 Å². The summed E-state index contributed by atoms with van der Waals surface area (Å²) in [5.41, 5.74) is 3.60. The fourth-order valence-electron chi connectivity index (χ4n) is 4.16. The molecule has 0 saturated heterocycles. The van der Waals surface area contributed by atoms with E-state index in [4.69, 9.17) is 0 Å². The molecule has 2 N–H and O–H groups in total. The molecule has 1 amide bonds. The molecule has 1 aromatic heterocycles. The number of nitrogens with one attached hydrogen (secondary N) is 2. The largest absolute Gasteiger partial charge is 0.416 e. The molecule has 5 rings (SSSR count). The number of benzene rings is 3. The van der Waals surface area contributed by atoms with Crippen molar-refractivity contribution < 1.29 is 18.0 Å². The quantitative estimate of drug-likeness (QED) is 0.421. The molecule has 1 aliphatic heterocycles. The molecule has 0 fully saturated rings. The highest BCUT2D eigenvalue weighted by atomic mass is 19.4. The van der Waals surface area contributed by atoms with Gasteiger partial charge in [-0.2, -0.15) is 18.3 Å². The molecular formula is C25H20F3N5O. The van der Waals surface area contributed by atoms with Crippen LogP contribution in [-0.4, -0.2) is 27.6 Å². The number of halogens is 3. The number of carbonyl (C=O) groups is 1. The van der Waals surface area contributed by atoms with Crippen LogP contribution in [0.25, 0.3) is 11.1 Å². The van der Waals surface area contributed by atoms with E-state index in [0.29, 0.717) is 34.7 Å². The average molecular weight is 463 g/mol. The number of amides is 1. The Kier molecular flexibility index (Phi) is 5.53. The lowest BCUT2D eigenvalue weighted by Gasteiger charge is -2.18.